The zero-order valence-corrected chi connectivity index (χ0v) is 15.3. The predicted octanol–water partition coefficient (Wildman–Crippen LogP) is 3.25. The van der Waals surface area contributed by atoms with Gasteiger partial charge in [0.1, 0.15) is 17.3 Å². The number of rotatable bonds is 8. The highest BCUT2D eigenvalue weighted by molar-refractivity contribution is 5.97. The van der Waals surface area contributed by atoms with Crippen molar-refractivity contribution in [3.63, 3.8) is 0 Å². The van der Waals surface area contributed by atoms with E-state index in [9.17, 15) is 24.1 Å². The van der Waals surface area contributed by atoms with Crippen LogP contribution >= 0.6 is 0 Å². The van der Waals surface area contributed by atoms with E-state index in [1.165, 1.54) is 44.4 Å². The van der Waals surface area contributed by atoms with Crippen LogP contribution in [-0.4, -0.2) is 30.0 Å². The van der Waals surface area contributed by atoms with Gasteiger partial charge in [-0.15, -0.1) is 0 Å². The molecule has 1 amide bonds. The molecule has 0 saturated heterocycles. The maximum Gasteiger partial charge on any atom is 0.306 e. The minimum absolute atomic E-state index is 0.00589. The van der Waals surface area contributed by atoms with Crippen LogP contribution in [0.2, 0.25) is 0 Å². The number of nitro benzene ring substituents is 1. The van der Waals surface area contributed by atoms with E-state index in [1.807, 2.05) is 0 Å². The summed E-state index contributed by atoms with van der Waals surface area (Å²) in [6.45, 7) is 1.36. The Bertz CT molecular complexity index is 869. The van der Waals surface area contributed by atoms with Crippen molar-refractivity contribution in [3.05, 3.63) is 64.0 Å². The number of aryl methyl sites for hydroxylation is 1. The Morgan fingerprint density at radius 3 is 2.50 bits per heavy atom. The molecule has 0 aliphatic rings. The number of carbonyl (C=O) groups excluding carboxylic acids is 2. The number of ether oxygens (including phenoxy) is 2. The van der Waals surface area contributed by atoms with Crippen molar-refractivity contribution in [3.8, 4) is 5.75 Å². The van der Waals surface area contributed by atoms with E-state index in [0.717, 1.165) is 5.56 Å². The number of benzene rings is 2. The largest absolute Gasteiger partial charge is 0.496 e. The summed E-state index contributed by atoms with van der Waals surface area (Å²) in [5, 5.41) is 13.5. The van der Waals surface area contributed by atoms with E-state index in [1.54, 1.807) is 12.1 Å². The van der Waals surface area contributed by atoms with Crippen molar-refractivity contribution >= 4 is 23.3 Å². The number of nitro groups is 1. The maximum atomic E-state index is 12.9. The van der Waals surface area contributed by atoms with E-state index < -0.39 is 22.9 Å². The summed E-state index contributed by atoms with van der Waals surface area (Å²) in [6, 6.07) is 9.66. The molecule has 0 bridgehead atoms. The van der Waals surface area contributed by atoms with E-state index in [2.05, 4.69) is 5.32 Å². The summed E-state index contributed by atoms with van der Waals surface area (Å²) < 4.78 is 22.8. The molecule has 0 fully saturated rings. The Kier molecular flexibility index (Phi) is 7.02. The van der Waals surface area contributed by atoms with Crippen molar-refractivity contribution in [1.82, 2.24) is 0 Å². The Balaban J connectivity index is 1.92. The molecule has 1 N–H and O–H groups in total. The molecule has 2 aromatic rings. The summed E-state index contributed by atoms with van der Waals surface area (Å²) in [5.41, 5.74) is 0.372. The highest BCUT2D eigenvalue weighted by atomic mass is 19.1. The van der Waals surface area contributed by atoms with Gasteiger partial charge in [0.2, 0.25) is 0 Å². The SMILES string of the molecule is COc1ccc(NC(=O)[C@@H](C)OC(=O)CCc2ccc(F)cc2)c([N+](=O)[O-])c1. The van der Waals surface area contributed by atoms with Crippen LogP contribution in [0.25, 0.3) is 0 Å². The van der Waals surface area contributed by atoms with Gasteiger partial charge in [-0.2, -0.15) is 0 Å². The zero-order valence-electron chi connectivity index (χ0n) is 15.3. The highest BCUT2D eigenvalue weighted by Crippen LogP contribution is 2.29. The average molecular weight is 390 g/mol. The van der Waals surface area contributed by atoms with Crippen LogP contribution in [0.15, 0.2) is 42.5 Å². The van der Waals surface area contributed by atoms with Crippen LogP contribution in [0.4, 0.5) is 15.8 Å². The van der Waals surface area contributed by atoms with Crippen LogP contribution in [0.3, 0.4) is 0 Å². The molecule has 0 aromatic heterocycles. The third-order valence-electron chi connectivity index (χ3n) is 3.87. The first-order valence-corrected chi connectivity index (χ1v) is 8.37. The molecule has 9 heteroatoms. The lowest BCUT2D eigenvalue weighted by atomic mass is 10.1. The maximum absolute atomic E-state index is 12.9. The predicted molar refractivity (Wildman–Crippen MR) is 98.6 cm³/mol. The molecular formula is C19H19FN2O6. The number of esters is 1. The van der Waals surface area contributed by atoms with Crippen LogP contribution < -0.4 is 10.1 Å². The number of anilines is 1. The smallest absolute Gasteiger partial charge is 0.306 e. The van der Waals surface area contributed by atoms with Gasteiger partial charge in [0.05, 0.1) is 18.1 Å². The van der Waals surface area contributed by atoms with Crippen LogP contribution in [0.1, 0.15) is 18.9 Å². The van der Waals surface area contributed by atoms with Gasteiger partial charge < -0.3 is 14.8 Å². The second kappa shape index (κ2) is 9.45. The number of hydrogen-bond acceptors (Lipinski definition) is 6. The van der Waals surface area contributed by atoms with Crippen LogP contribution in [0.5, 0.6) is 5.75 Å². The number of nitrogens with one attached hydrogen (secondary N) is 1. The summed E-state index contributed by atoms with van der Waals surface area (Å²) in [7, 11) is 1.37. The lowest BCUT2D eigenvalue weighted by Gasteiger charge is -2.14. The van der Waals surface area contributed by atoms with Gasteiger partial charge in [-0.3, -0.25) is 19.7 Å². The Hall–Kier alpha value is -3.49. The van der Waals surface area contributed by atoms with Gasteiger partial charge in [0.25, 0.3) is 11.6 Å². The normalized spacial score (nSPS) is 11.4. The van der Waals surface area contributed by atoms with Crippen LogP contribution in [0, 0.1) is 15.9 Å². The van der Waals surface area contributed by atoms with Crippen molar-refractivity contribution in [1.29, 1.82) is 0 Å². The number of carbonyl (C=O) groups is 2. The summed E-state index contributed by atoms with van der Waals surface area (Å²) in [4.78, 5) is 34.6. The third kappa shape index (κ3) is 5.76. The standard InChI is InChI=1S/C19H19FN2O6/c1-12(28-18(23)10-5-13-3-6-14(20)7-4-13)19(24)21-16-9-8-15(27-2)11-17(16)22(25)26/h3-4,6-9,11-12H,5,10H2,1-2H3,(H,21,24)/t12-/m1/s1. The fourth-order valence-corrected chi connectivity index (χ4v) is 2.34. The molecule has 0 spiro atoms. The molecule has 28 heavy (non-hydrogen) atoms. The number of hydrogen-bond donors (Lipinski definition) is 1. The molecule has 1 atom stereocenters. The fraction of sp³-hybridized carbons (Fsp3) is 0.263. The molecule has 148 valence electrons. The molecular weight excluding hydrogens is 371 g/mol. The van der Waals surface area contributed by atoms with E-state index in [0.29, 0.717) is 6.42 Å². The monoisotopic (exact) mass is 390 g/mol. The van der Waals surface area contributed by atoms with Gasteiger partial charge in [-0.05, 0) is 43.2 Å². The first kappa shape index (κ1) is 20.8. The van der Waals surface area contributed by atoms with E-state index in [-0.39, 0.29) is 29.4 Å². The molecule has 2 rings (SSSR count). The molecule has 0 heterocycles. The van der Waals surface area contributed by atoms with Crippen molar-refractivity contribution in [2.24, 2.45) is 0 Å². The first-order chi connectivity index (χ1) is 13.3. The number of halogens is 1. The number of nitrogens with zero attached hydrogens (tertiary/aromatic N) is 1. The van der Waals surface area contributed by atoms with Crippen molar-refractivity contribution < 1.29 is 28.4 Å². The van der Waals surface area contributed by atoms with Gasteiger partial charge >= 0.3 is 5.97 Å². The van der Waals surface area contributed by atoms with Gasteiger partial charge in [0.15, 0.2) is 6.10 Å². The zero-order chi connectivity index (χ0) is 20.7. The van der Waals surface area contributed by atoms with Crippen LogP contribution in [-0.2, 0) is 20.7 Å². The molecule has 0 radical (unpaired) electrons. The number of methoxy groups -OCH3 is 1. The molecule has 0 saturated carbocycles. The quantitative estimate of drug-likeness (QED) is 0.421. The van der Waals surface area contributed by atoms with Crippen molar-refractivity contribution in [2.45, 2.75) is 25.9 Å². The minimum atomic E-state index is -1.15. The lowest BCUT2D eigenvalue weighted by Crippen LogP contribution is -2.30. The lowest BCUT2D eigenvalue weighted by molar-refractivity contribution is -0.384. The first-order valence-electron chi connectivity index (χ1n) is 8.37. The van der Waals surface area contributed by atoms with Gasteiger partial charge in [-0.25, -0.2) is 4.39 Å². The topological polar surface area (TPSA) is 108 Å². The summed E-state index contributed by atoms with van der Waals surface area (Å²) in [5.74, 6) is -1.42. The van der Waals surface area contributed by atoms with Gasteiger partial charge in [0, 0.05) is 6.42 Å². The van der Waals surface area contributed by atoms with E-state index >= 15 is 0 Å². The third-order valence-corrected chi connectivity index (χ3v) is 3.87. The summed E-state index contributed by atoms with van der Waals surface area (Å²) in [6.07, 6.45) is -0.814. The molecule has 0 aliphatic carbocycles. The molecule has 0 aliphatic heterocycles. The molecule has 0 unspecified atom stereocenters. The Morgan fingerprint density at radius 2 is 1.89 bits per heavy atom. The van der Waals surface area contributed by atoms with E-state index in [4.69, 9.17) is 9.47 Å². The number of amides is 1. The Morgan fingerprint density at radius 1 is 1.21 bits per heavy atom. The fourth-order valence-electron chi connectivity index (χ4n) is 2.34. The highest BCUT2D eigenvalue weighted by Gasteiger charge is 2.22. The second-order valence-corrected chi connectivity index (χ2v) is 5.89. The van der Waals surface area contributed by atoms with Crippen molar-refractivity contribution in [2.75, 3.05) is 12.4 Å². The average Bonchev–Trinajstić information content (AvgIpc) is 2.67. The summed E-state index contributed by atoms with van der Waals surface area (Å²) >= 11 is 0. The minimum Gasteiger partial charge on any atom is -0.496 e. The second-order valence-electron chi connectivity index (χ2n) is 5.89. The molecule has 8 nitrogen and oxygen atoms in total. The Labute approximate surface area is 160 Å². The van der Waals surface area contributed by atoms with Gasteiger partial charge in [-0.1, -0.05) is 12.1 Å². The molecule has 2 aromatic carbocycles.